The van der Waals surface area contributed by atoms with Gasteiger partial charge in [-0.15, -0.1) is 0 Å². The van der Waals surface area contributed by atoms with Crippen molar-refractivity contribution in [3.8, 4) is 0 Å². The molecule has 0 saturated carbocycles. The predicted octanol–water partition coefficient (Wildman–Crippen LogP) is 4.10. The van der Waals surface area contributed by atoms with Crippen LogP contribution in [0.2, 0.25) is 0 Å². The van der Waals surface area contributed by atoms with E-state index in [1.807, 2.05) is 42.5 Å². The van der Waals surface area contributed by atoms with E-state index in [2.05, 4.69) is 50.6 Å². The standard InChI is InChI=1S/C17H20BrN3O/c1-21(16-9-3-2-4-10-16)12-6-11-19-17(22)20-15-8-5-7-14(18)13-15/h2-5,7-10,13H,6,11-12H2,1H3,(H2,19,20,22). The average molecular weight is 362 g/mol. The number of para-hydroxylation sites is 1. The molecule has 0 atom stereocenters. The third-order valence-corrected chi connectivity index (χ3v) is 3.73. The highest BCUT2D eigenvalue weighted by Gasteiger charge is 2.03. The first kappa shape index (κ1) is 16.4. The van der Waals surface area contributed by atoms with E-state index in [1.165, 1.54) is 5.69 Å². The monoisotopic (exact) mass is 361 g/mol. The van der Waals surface area contributed by atoms with Gasteiger partial charge in [-0.2, -0.15) is 0 Å². The van der Waals surface area contributed by atoms with E-state index in [-0.39, 0.29) is 6.03 Å². The number of hydrogen-bond donors (Lipinski definition) is 2. The summed E-state index contributed by atoms with van der Waals surface area (Å²) < 4.78 is 0.940. The largest absolute Gasteiger partial charge is 0.375 e. The van der Waals surface area contributed by atoms with Crippen LogP contribution >= 0.6 is 15.9 Å². The third-order valence-electron chi connectivity index (χ3n) is 3.24. The van der Waals surface area contributed by atoms with Gasteiger partial charge < -0.3 is 15.5 Å². The molecule has 5 heteroatoms. The zero-order valence-electron chi connectivity index (χ0n) is 12.6. The number of urea groups is 1. The van der Waals surface area contributed by atoms with Gasteiger partial charge >= 0.3 is 6.03 Å². The molecule has 0 fully saturated rings. The topological polar surface area (TPSA) is 44.4 Å². The van der Waals surface area contributed by atoms with Crippen LogP contribution in [0, 0.1) is 0 Å². The molecule has 0 aliphatic carbocycles. The second-order valence-corrected chi connectivity index (χ2v) is 5.92. The van der Waals surface area contributed by atoms with Gasteiger partial charge in [0, 0.05) is 36.0 Å². The van der Waals surface area contributed by atoms with Gasteiger partial charge in [-0.1, -0.05) is 40.2 Å². The minimum Gasteiger partial charge on any atom is -0.375 e. The Morgan fingerprint density at radius 3 is 2.64 bits per heavy atom. The lowest BCUT2D eigenvalue weighted by atomic mass is 10.3. The van der Waals surface area contributed by atoms with Gasteiger partial charge in [0.15, 0.2) is 0 Å². The molecule has 2 amide bonds. The van der Waals surface area contributed by atoms with Crippen molar-refractivity contribution >= 4 is 33.3 Å². The molecule has 2 rings (SSSR count). The van der Waals surface area contributed by atoms with Crippen molar-refractivity contribution in [3.05, 3.63) is 59.1 Å². The number of amides is 2. The third kappa shape index (κ3) is 5.41. The molecule has 0 spiro atoms. The van der Waals surface area contributed by atoms with Gasteiger partial charge in [0.25, 0.3) is 0 Å². The highest BCUT2D eigenvalue weighted by Crippen LogP contribution is 2.15. The van der Waals surface area contributed by atoms with Crippen LogP contribution in [-0.4, -0.2) is 26.2 Å². The fourth-order valence-electron chi connectivity index (χ4n) is 2.07. The molecule has 0 radical (unpaired) electrons. The van der Waals surface area contributed by atoms with Crippen molar-refractivity contribution in [2.24, 2.45) is 0 Å². The average Bonchev–Trinajstić information content (AvgIpc) is 2.52. The zero-order valence-corrected chi connectivity index (χ0v) is 14.1. The lowest BCUT2D eigenvalue weighted by molar-refractivity contribution is 0.252. The Bertz CT molecular complexity index is 604. The van der Waals surface area contributed by atoms with Crippen LogP contribution in [0.25, 0.3) is 0 Å². The number of anilines is 2. The van der Waals surface area contributed by atoms with Crippen molar-refractivity contribution in [2.75, 3.05) is 30.4 Å². The van der Waals surface area contributed by atoms with Crippen LogP contribution in [0.5, 0.6) is 0 Å². The van der Waals surface area contributed by atoms with Gasteiger partial charge in [0.1, 0.15) is 0 Å². The van der Waals surface area contributed by atoms with Crippen LogP contribution < -0.4 is 15.5 Å². The number of hydrogen-bond acceptors (Lipinski definition) is 2. The first-order valence-electron chi connectivity index (χ1n) is 7.22. The molecule has 2 N–H and O–H groups in total. The Hall–Kier alpha value is -2.01. The predicted molar refractivity (Wildman–Crippen MR) is 95.5 cm³/mol. The maximum Gasteiger partial charge on any atom is 0.319 e. The summed E-state index contributed by atoms with van der Waals surface area (Å²) in [6, 6.07) is 17.5. The van der Waals surface area contributed by atoms with Gasteiger partial charge in [0.2, 0.25) is 0 Å². The normalized spacial score (nSPS) is 10.1. The minimum atomic E-state index is -0.180. The summed E-state index contributed by atoms with van der Waals surface area (Å²) in [6.07, 6.45) is 0.886. The Morgan fingerprint density at radius 2 is 1.91 bits per heavy atom. The van der Waals surface area contributed by atoms with Crippen molar-refractivity contribution in [3.63, 3.8) is 0 Å². The summed E-state index contributed by atoms with van der Waals surface area (Å²) >= 11 is 3.38. The molecular weight excluding hydrogens is 342 g/mol. The molecule has 4 nitrogen and oxygen atoms in total. The molecule has 0 bridgehead atoms. The molecule has 2 aromatic carbocycles. The van der Waals surface area contributed by atoms with E-state index in [1.54, 1.807) is 0 Å². The SMILES string of the molecule is CN(CCCNC(=O)Nc1cccc(Br)c1)c1ccccc1. The second-order valence-electron chi connectivity index (χ2n) is 5.00. The van der Waals surface area contributed by atoms with Gasteiger partial charge in [-0.3, -0.25) is 0 Å². The first-order valence-corrected chi connectivity index (χ1v) is 8.01. The fraction of sp³-hybridized carbons (Fsp3) is 0.235. The first-order chi connectivity index (χ1) is 10.6. The van der Waals surface area contributed by atoms with Crippen molar-refractivity contribution in [2.45, 2.75) is 6.42 Å². The molecule has 0 heterocycles. The van der Waals surface area contributed by atoms with E-state index >= 15 is 0 Å². The second kappa shape index (κ2) is 8.44. The molecule has 116 valence electrons. The summed E-state index contributed by atoms with van der Waals surface area (Å²) in [5.41, 5.74) is 1.95. The fourth-order valence-corrected chi connectivity index (χ4v) is 2.47. The number of nitrogens with one attached hydrogen (secondary N) is 2. The highest BCUT2D eigenvalue weighted by molar-refractivity contribution is 9.10. The lowest BCUT2D eigenvalue weighted by Gasteiger charge is -2.19. The highest BCUT2D eigenvalue weighted by atomic mass is 79.9. The summed E-state index contributed by atoms with van der Waals surface area (Å²) in [5.74, 6) is 0. The molecule has 22 heavy (non-hydrogen) atoms. The summed E-state index contributed by atoms with van der Waals surface area (Å²) in [5, 5.41) is 5.67. The van der Waals surface area contributed by atoms with Gasteiger partial charge in [-0.05, 0) is 36.8 Å². The van der Waals surface area contributed by atoms with Crippen LogP contribution in [-0.2, 0) is 0 Å². The number of carbonyl (C=O) groups is 1. The summed E-state index contributed by atoms with van der Waals surface area (Å²) in [6.45, 7) is 1.53. The Balaban J connectivity index is 1.67. The van der Waals surface area contributed by atoms with Gasteiger partial charge in [-0.25, -0.2) is 4.79 Å². The van der Waals surface area contributed by atoms with E-state index in [9.17, 15) is 4.79 Å². The maximum atomic E-state index is 11.8. The van der Waals surface area contributed by atoms with Crippen molar-refractivity contribution in [1.29, 1.82) is 0 Å². The van der Waals surface area contributed by atoms with E-state index in [0.29, 0.717) is 6.54 Å². The Kier molecular flexibility index (Phi) is 6.27. The Morgan fingerprint density at radius 1 is 1.14 bits per heavy atom. The molecule has 2 aromatic rings. The van der Waals surface area contributed by atoms with Crippen LogP contribution in [0.3, 0.4) is 0 Å². The quantitative estimate of drug-likeness (QED) is 0.760. The number of benzene rings is 2. The maximum absolute atomic E-state index is 11.8. The zero-order chi connectivity index (χ0) is 15.8. The number of carbonyl (C=O) groups excluding carboxylic acids is 1. The number of halogens is 1. The van der Waals surface area contributed by atoms with Gasteiger partial charge in [0.05, 0.1) is 0 Å². The number of nitrogens with zero attached hydrogens (tertiary/aromatic N) is 1. The molecule has 0 saturated heterocycles. The Labute approximate surface area is 139 Å². The van der Waals surface area contributed by atoms with Crippen molar-refractivity contribution in [1.82, 2.24) is 5.32 Å². The van der Waals surface area contributed by atoms with E-state index in [4.69, 9.17) is 0 Å². The molecule has 0 unspecified atom stereocenters. The molecule has 0 aromatic heterocycles. The smallest absolute Gasteiger partial charge is 0.319 e. The molecular formula is C17H20BrN3O. The number of rotatable bonds is 6. The van der Waals surface area contributed by atoms with E-state index in [0.717, 1.165) is 23.1 Å². The summed E-state index contributed by atoms with van der Waals surface area (Å²) in [7, 11) is 2.05. The van der Waals surface area contributed by atoms with E-state index < -0.39 is 0 Å². The minimum absolute atomic E-state index is 0.180. The van der Waals surface area contributed by atoms with Crippen molar-refractivity contribution < 1.29 is 4.79 Å². The van der Waals surface area contributed by atoms with Crippen LogP contribution in [0.4, 0.5) is 16.2 Å². The van der Waals surface area contributed by atoms with Crippen LogP contribution in [0.1, 0.15) is 6.42 Å². The summed E-state index contributed by atoms with van der Waals surface area (Å²) in [4.78, 5) is 14.0. The lowest BCUT2D eigenvalue weighted by Crippen LogP contribution is -2.31. The molecule has 0 aliphatic heterocycles. The molecule has 0 aliphatic rings. The van der Waals surface area contributed by atoms with Crippen LogP contribution in [0.15, 0.2) is 59.1 Å².